The zero-order valence-corrected chi connectivity index (χ0v) is 12.4. The van der Waals surface area contributed by atoms with Crippen LogP contribution in [0.1, 0.15) is 25.2 Å². The van der Waals surface area contributed by atoms with Crippen molar-refractivity contribution in [2.75, 3.05) is 5.73 Å². The van der Waals surface area contributed by atoms with Gasteiger partial charge in [0.2, 0.25) is 0 Å². The molecule has 0 fully saturated rings. The van der Waals surface area contributed by atoms with Gasteiger partial charge in [0.15, 0.2) is 0 Å². The van der Waals surface area contributed by atoms with Crippen molar-refractivity contribution in [1.82, 2.24) is 9.55 Å². The molecule has 0 aliphatic heterocycles. The van der Waals surface area contributed by atoms with Gasteiger partial charge in [-0.05, 0) is 49.7 Å². The molecule has 0 amide bonds. The summed E-state index contributed by atoms with van der Waals surface area (Å²) >= 11 is 0. The maximum absolute atomic E-state index is 13.4. The van der Waals surface area contributed by atoms with Gasteiger partial charge in [-0.25, -0.2) is 9.37 Å². The topological polar surface area (TPSA) is 43.8 Å². The highest BCUT2D eigenvalue weighted by atomic mass is 19.1. The van der Waals surface area contributed by atoms with E-state index in [4.69, 9.17) is 5.73 Å². The predicted octanol–water partition coefficient (Wildman–Crippen LogP) is 3.62. The van der Waals surface area contributed by atoms with Crippen molar-refractivity contribution in [3.63, 3.8) is 0 Å². The molecule has 21 heavy (non-hydrogen) atoms. The van der Waals surface area contributed by atoms with E-state index < -0.39 is 0 Å². The average molecular weight is 283 g/mol. The maximum atomic E-state index is 13.4. The van der Waals surface area contributed by atoms with Crippen LogP contribution >= 0.6 is 0 Å². The number of nitrogen functional groups attached to an aromatic ring is 1. The van der Waals surface area contributed by atoms with Gasteiger partial charge in [0.05, 0.1) is 11.0 Å². The lowest BCUT2D eigenvalue weighted by Crippen LogP contribution is -2.23. The van der Waals surface area contributed by atoms with E-state index >= 15 is 0 Å². The first-order valence-corrected chi connectivity index (χ1v) is 6.88. The third kappa shape index (κ3) is 2.17. The van der Waals surface area contributed by atoms with Gasteiger partial charge in [-0.3, -0.25) is 0 Å². The molecule has 3 aromatic rings. The molecule has 1 heterocycles. The molecular formula is C17H18FN3. The van der Waals surface area contributed by atoms with E-state index in [0.717, 1.165) is 28.1 Å². The van der Waals surface area contributed by atoms with Crippen LogP contribution in [-0.4, -0.2) is 9.55 Å². The van der Waals surface area contributed by atoms with Gasteiger partial charge < -0.3 is 10.3 Å². The number of hydrogen-bond acceptors (Lipinski definition) is 2. The molecule has 108 valence electrons. The summed E-state index contributed by atoms with van der Waals surface area (Å²) in [6.45, 7) is 4.21. The Morgan fingerprint density at radius 1 is 1.10 bits per heavy atom. The van der Waals surface area contributed by atoms with Gasteiger partial charge in [0.25, 0.3) is 0 Å². The van der Waals surface area contributed by atoms with Crippen molar-refractivity contribution >= 4 is 16.7 Å². The first-order valence-electron chi connectivity index (χ1n) is 6.88. The van der Waals surface area contributed by atoms with Crippen LogP contribution in [0, 0.1) is 5.82 Å². The molecule has 0 saturated heterocycles. The molecule has 3 rings (SSSR count). The SMILES string of the molecule is Cn1c(C(C)(C)c2ccc(N)cc2)nc2ccc(F)cc21. The number of aryl methyl sites for hydroxylation is 1. The largest absolute Gasteiger partial charge is 0.399 e. The van der Waals surface area contributed by atoms with Gasteiger partial charge in [0.1, 0.15) is 11.6 Å². The van der Waals surface area contributed by atoms with Gasteiger partial charge in [-0.15, -0.1) is 0 Å². The highest BCUT2D eigenvalue weighted by Crippen LogP contribution is 2.33. The molecule has 4 heteroatoms. The molecule has 0 spiro atoms. The molecule has 2 aromatic carbocycles. The van der Waals surface area contributed by atoms with E-state index in [-0.39, 0.29) is 11.2 Å². The number of fused-ring (bicyclic) bond motifs is 1. The van der Waals surface area contributed by atoms with Crippen molar-refractivity contribution in [3.05, 3.63) is 59.7 Å². The fraction of sp³-hybridized carbons (Fsp3) is 0.235. The lowest BCUT2D eigenvalue weighted by atomic mass is 9.83. The summed E-state index contributed by atoms with van der Waals surface area (Å²) in [5.41, 5.74) is 8.92. The molecular weight excluding hydrogens is 265 g/mol. The lowest BCUT2D eigenvalue weighted by Gasteiger charge is -2.25. The van der Waals surface area contributed by atoms with Crippen molar-refractivity contribution in [2.24, 2.45) is 7.05 Å². The Morgan fingerprint density at radius 3 is 2.43 bits per heavy atom. The Balaban J connectivity index is 2.18. The minimum absolute atomic E-state index is 0.248. The van der Waals surface area contributed by atoms with Gasteiger partial charge in [-0.1, -0.05) is 12.1 Å². The first kappa shape index (κ1) is 13.6. The zero-order valence-electron chi connectivity index (χ0n) is 12.4. The van der Waals surface area contributed by atoms with Crippen LogP contribution in [0.3, 0.4) is 0 Å². The zero-order chi connectivity index (χ0) is 15.2. The summed E-state index contributed by atoms with van der Waals surface area (Å²) in [5.74, 6) is 0.648. The fourth-order valence-corrected chi connectivity index (χ4v) is 2.75. The van der Waals surface area contributed by atoms with Gasteiger partial charge in [-0.2, -0.15) is 0 Å². The fourth-order valence-electron chi connectivity index (χ4n) is 2.75. The predicted molar refractivity (Wildman–Crippen MR) is 83.7 cm³/mol. The number of halogens is 1. The van der Waals surface area contributed by atoms with E-state index in [2.05, 4.69) is 18.8 Å². The molecule has 0 aliphatic rings. The molecule has 2 N–H and O–H groups in total. The minimum atomic E-state index is -0.294. The lowest BCUT2D eigenvalue weighted by molar-refractivity contribution is 0.567. The van der Waals surface area contributed by atoms with Crippen molar-refractivity contribution in [3.8, 4) is 0 Å². The second-order valence-corrected chi connectivity index (χ2v) is 5.87. The number of nitrogens with zero attached hydrogens (tertiary/aromatic N) is 2. The summed E-state index contributed by atoms with van der Waals surface area (Å²) < 4.78 is 15.4. The molecule has 0 unspecified atom stereocenters. The first-order chi connectivity index (χ1) is 9.89. The number of nitrogens with two attached hydrogens (primary N) is 1. The quantitative estimate of drug-likeness (QED) is 0.730. The van der Waals surface area contributed by atoms with Gasteiger partial charge in [0, 0.05) is 18.2 Å². The van der Waals surface area contributed by atoms with Crippen LogP contribution in [-0.2, 0) is 12.5 Å². The highest BCUT2D eigenvalue weighted by molar-refractivity contribution is 5.76. The number of anilines is 1. The molecule has 0 radical (unpaired) electrons. The van der Waals surface area contributed by atoms with Crippen LogP contribution < -0.4 is 5.73 Å². The van der Waals surface area contributed by atoms with Crippen molar-refractivity contribution in [2.45, 2.75) is 19.3 Å². The molecule has 0 atom stereocenters. The molecule has 0 bridgehead atoms. The smallest absolute Gasteiger partial charge is 0.125 e. The Labute approximate surface area is 123 Å². The average Bonchev–Trinajstić information content (AvgIpc) is 2.77. The van der Waals surface area contributed by atoms with Gasteiger partial charge >= 0.3 is 0 Å². The maximum Gasteiger partial charge on any atom is 0.125 e. The second-order valence-electron chi connectivity index (χ2n) is 5.87. The van der Waals surface area contributed by atoms with E-state index in [1.807, 2.05) is 35.9 Å². The standard InChI is InChI=1S/C17H18FN3/c1-17(2,11-4-7-13(19)8-5-11)16-20-14-9-6-12(18)10-15(14)21(16)3/h4-10H,19H2,1-3H3. The molecule has 1 aromatic heterocycles. The molecule has 3 nitrogen and oxygen atoms in total. The highest BCUT2D eigenvalue weighted by Gasteiger charge is 2.28. The minimum Gasteiger partial charge on any atom is -0.399 e. The second kappa shape index (κ2) is 4.58. The number of benzene rings is 2. The third-order valence-electron chi connectivity index (χ3n) is 4.03. The summed E-state index contributed by atoms with van der Waals surface area (Å²) in [6, 6.07) is 12.5. The van der Waals surface area contributed by atoms with Crippen LogP contribution in [0.5, 0.6) is 0 Å². The van der Waals surface area contributed by atoms with E-state index in [1.165, 1.54) is 12.1 Å². The van der Waals surface area contributed by atoms with E-state index in [0.29, 0.717) is 0 Å². The normalized spacial score (nSPS) is 12.0. The van der Waals surface area contributed by atoms with E-state index in [9.17, 15) is 4.39 Å². The van der Waals surface area contributed by atoms with Crippen LogP contribution in [0.15, 0.2) is 42.5 Å². The van der Waals surface area contributed by atoms with Crippen LogP contribution in [0.25, 0.3) is 11.0 Å². The summed E-state index contributed by atoms with van der Waals surface area (Å²) in [7, 11) is 1.92. The Hall–Kier alpha value is -2.36. The van der Waals surface area contributed by atoms with Crippen LogP contribution in [0.2, 0.25) is 0 Å². The summed E-state index contributed by atoms with van der Waals surface area (Å²) in [5, 5.41) is 0. The Kier molecular flexibility index (Phi) is 2.97. The number of rotatable bonds is 2. The number of hydrogen-bond donors (Lipinski definition) is 1. The van der Waals surface area contributed by atoms with Crippen molar-refractivity contribution in [1.29, 1.82) is 0 Å². The van der Waals surface area contributed by atoms with Crippen LogP contribution in [0.4, 0.5) is 10.1 Å². The number of imidazole rings is 1. The number of aromatic nitrogens is 2. The Bertz CT molecular complexity index is 801. The van der Waals surface area contributed by atoms with Crippen molar-refractivity contribution < 1.29 is 4.39 Å². The summed E-state index contributed by atoms with van der Waals surface area (Å²) in [6.07, 6.45) is 0. The monoisotopic (exact) mass is 283 g/mol. The molecule has 0 saturated carbocycles. The van der Waals surface area contributed by atoms with E-state index in [1.54, 1.807) is 6.07 Å². The summed E-state index contributed by atoms with van der Waals surface area (Å²) in [4.78, 5) is 4.69. The third-order valence-corrected chi connectivity index (χ3v) is 4.03. The molecule has 0 aliphatic carbocycles. The Morgan fingerprint density at radius 2 is 1.76 bits per heavy atom.